The van der Waals surface area contributed by atoms with Gasteiger partial charge in [-0.05, 0) is 37.1 Å². The zero-order valence-corrected chi connectivity index (χ0v) is 22.3. The van der Waals surface area contributed by atoms with Crippen molar-refractivity contribution in [1.82, 2.24) is 29.3 Å². The van der Waals surface area contributed by atoms with Crippen LogP contribution in [-0.4, -0.2) is 87.8 Å². The van der Waals surface area contributed by atoms with E-state index in [1.54, 1.807) is 23.2 Å². The smallest absolute Gasteiger partial charge is 0.229 e. The van der Waals surface area contributed by atoms with Crippen LogP contribution in [0.5, 0.6) is 0 Å². The van der Waals surface area contributed by atoms with E-state index < -0.39 is 11.6 Å². The molecule has 0 bridgehead atoms. The van der Waals surface area contributed by atoms with Crippen molar-refractivity contribution in [2.24, 2.45) is 0 Å². The topological polar surface area (TPSA) is 74.6 Å². The van der Waals surface area contributed by atoms with Gasteiger partial charge >= 0.3 is 0 Å². The van der Waals surface area contributed by atoms with Crippen LogP contribution >= 0.6 is 0 Å². The lowest BCUT2D eigenvalue weighted by Gasteiger charge is -2.35. The van der Waals surface area contributed by atoms with Gasteiger partial charge in [-0.15, -0.1) is 0 Å². The molecule has 9 nitrogen and oxygen atoms in total. The number of hydrogen-bond acceptors (Lipinski definition) is 8. The van der Waals surface area contributed by atoms with Crippen LogP contribution in [0.1, 0.15) is 18.4 Å². The normalized spacial score (nSPS) is 18.9. The molecule has 0 amide bonds. The third-order valence-corrected chi connectivity index (χ3v) is 8.02. The highest BCUT2D eigenvalue weighted by molar-refractivity contribution is 5.79. The molecular formula is C29H32F2N8O. The first-order valence-corrected chi connectivity index (χ1v) is 14.0. The molecule has 4 aromatic rings. The lowest BCUT2D eigenvalue weighted by Crippen LogP contribution is -2.47. The second-order valence-corrected chi connectivity index (χ2v) is 10.7. The fraction of sp³-hybridized carbons (Fsp3) is 0.414. The summed E-state index contributed by atoms with van der Waals surface area (Å²) in [4.78, 5) is 20.6. The predicted octanol–water partition coefficient (Wildman–Crippen LogP) is 3.95. The van der Waals surface area contributed by atoms with Crippen molar-refractivity contribution in [3.8, 4) is 5.69 Å². The molecule has 11 heteroatoms. The molecule has 1 N–H and O–H groups in total. The summed E-state index contributed by atoms with van der Waals surface area (Å²) in [7, 11) is 0. The van der Waals surface area contributed by atoms with Gasteiger partial charge in [0, 0.05) is 93.1 Å². The summed E-state index contributed by atoms with van der Waals surface area (Å²) in [6.45, 7) is 6.73. The van der Waals surface area contributed by atoms with E-state index >= 15 is 8.78 Å². The van der Waals surface area contributed by atoms with Crippen LogP contribution in [0.3, 0.4) is 0 Å². The Hall–Kier alpha value is -3.67. The molecular weight excluding hydrogens is 514 g/mol. The molecule has 1 saturated carbocycles. The molecule has 0 unspecified atom stereocenters. The Morgan fingerprint density at radius 2 is 1.70 bits per heavy atom. The largest absolute Gasteiger partial charge is 0.379 e. The van der Waals surface area contributed by atoms with Crippen molar-refractivity contribution in [2.45, 2.75) is 25.4 Å². The highest BCUT2D eigenvalue weighted by Gasteiger charge is 2.31. The first-order valence-electron chi connectivity index (χ1n) is 14.0. The van der Waals surface area contributed by atoms with E-state index in [1.807, 2.05) is 23.1 Å². The molecule has 208 valence electrons. The van der Waals surface area contributed by atoms with Crippen molar-refractivity contribution in [3.05, 3.63) is 66.1 Å². The monoisotopic (exact) mass is 546 g/mol. The lowest BCUT2D eigenvalue weighted by molar-refractivity contribution is 0.0332. The van der Waals surface area contributed by atoms with Gasteiger partial charge in [0.15, 0.2) is 0 Å². The van der Waals surface area contributed by atoms with Crippen molar-refractivity contribution >= 4 is 28.5 Å². The van der Waals surface area contributed by atoms with Gasteiger partial charge in [-0.2, -0.15) is 4.98 Å². The molecule has 0 radical (unpaired) electrons. The lowest BCUT2D eigenvalue weighted by atomic mass is 10.1. The van der Waals surface area contributed by atoms with Gasteiger partial charge in [-0.25, -0.2) is 18.7 Å². The molecule has 2 saturated heterocycles. The van der Waals surface area contributed by atoms with Crippen LogP contribution < -0.4 is 10.2 Å². The standard InChI is InChI=1S/C29H32F2N8O/c30-25-16-23(17-26(31)24(25)19-36-11-13-40-14-12-36)39-6-4-20-18-33-29(35-28(20)39)34-21-3-5-32-27(15-21)38-9-7-37(8-10-38)22-1-2-22/h3-6,15-18,22H,1-2,7-14,19H2,(H,32,33,34,35). The van der Waals surface area contributed by atoms with E-state index in [-0.39, 0.29) is 12.1 Å². The van der Waals surface area contributed by atoms with Crippen molar-refractivity contribution in [2.75, 3.05) is 62.7 Å². The maximum Gasteiger partial charge on any atom is 0.229 e. The molecule has 2 aliphatic heterocycles. The van der Waals surface area contributed by atoms with Crippen LogP contribution in [0.15, 0.2) is 48.9 Å². The highest BCUT2D eigenvalue weighted by Crippen LogP contribution is 2.29. The first-order chi connectivity index (χ1) is 19.6. The number of aromatic nitrogens is 4. The average molecular weight is 547 g/mol. The number of fused-ring (bicyclic) bond motifs is 1. The fourth-order valence-electron chi connectivity index (χ4n) is 5.60. The third-order valence-electron chi connectivity index (χ3n) is 8.02. The minimum atomic E-state index is -0.571. The van der Waals surface area contributed by atoms with E-state index in [4.69, 9.17) is 9.72 Å². The summed E-state index contributed by atoms with van der Waals surface area (Å²) >= 11 is 0. The highest BCUT2D eigenvalue weighted by atomic mass is 19.1. The molecule has 5 heterocycles. The van der Waals surface area contributed by atoms with Crippen LogP contribution in [0.25, 0.3) is 16.7 Å². The molecule has 1 aromatic carbocycles. The van der Waals surface area contributed by atoms with E-state index in [0.29, 0.717) is 43.6 Å². The quantitative estimate of drug-likeness (QED) is 0.374. The van der Waals surface area contributed by atoms with Gasteiger partial charge in [-0.1, -0.05) is 0 Å². The van der Waals surface area contributed by atoms with Crippen LogP contribution in [0.2, 0.25) is 0 Å². The summed E-state index contributed by atoms with van der Waals surface area (Å²) in [6, 6.07) is 9.25. The Morgan fingerprint density at radius 3 is 2.45 bits per heavy atom. The van der Waals surface area contributed by atoms with E-state index in [0.717, 1.165) is 49.1 Å². The number of ether oxygens (including phenoxy) is 1. The fourth-order valence-corrected chi connectivity index (χ4v) is 5.60. The first kappa shape index (κ1) is 25.3. The Balaban J connectivity index is 1.10. The Bertz CT molecular complexity index is 1490. The minimum Gasteiger partial charge on any atom is -0.379 e. The number of nitrogens with zero attached hydrogens (tertiary/aromatic N) is 7. The summed E-state index contributed by atoms with van der Waals surface area (Å²) in [5.74, 6) is 0.178. The number of nitrogens with one attached hydrogen (secondary N) is 1. The van der Waals surface area contributed by atoms with Crippen LogP contribution in [-0.2, 0) is 11.3 Å². The zero-order valence-electron chi connectivity index (χ0n) is 22.3. The van der Waals surface area contributed by atoms with Gasteiger partial charge in [0.2, 0.25) is 5.95 Å². The van der Waals surface area contributed by atoms with E-state index in [1.165, 1.54) is 25.0 Å². The Labute approximate surface area is 231 Å². The molecule has 7 rings (SSSR count). The van der Waals surface area contributed by atoms with Crippen molar-refractivity contribution in [1.29, 1.82) is 0 Å². The maximum atomic E-state index is 15.1. The molecule has 1 aliphatic carbocycles. The van der Waals surface area contributed by atoms with Gasteiger partial charge in [0.05, 0.1) is 18.9 Å². The average Bonchev–Trinajstić information content (AvgIpc) is 3.75. The van der Waals surface area contributed by atoms with E-state index in [2.05, 4.69) is 25.1 Å². The van der Waals surface area contributed by atoms with Gasteiger partial charge in [-0.3, -0.25) is 9.80 Å². The maximum absolute atomic E-state index is 15.1. The minimum absolute atomic E-state index is 0.0709. The second kappa shape index (κ2) is 10.7. The number of pyridine rings is 1. The molecule has 3 fully saturated rings. The summed E-state index contributed by atoms with van der Waals surface area (Å²) < 4.78 is 37.3. The van der Waals surface area contributed by atoms with Crippen molar-refractivity contribution < 1.29 is 13.5 Å². The van der Waals surface area contributed by atoms with Gasteiger partial charge in [0.25, 0.3) is 0 Å². The Morgan fingerprint density at radius 1 is 0.925 bits per heavy atom. The second-order valence-electron chi connectivity index (χ2n) is 10.7. The number of halogens is 2. The third kappa shape index (κ3) is 5.24. The summed E-state index contributed by atoms with van der Waals surface area (Å²) in [6.07, 6.45) is 7.91. The Kier molecular flexibility index (Phi) is 6.78. The number of anilines is 3. The van der Waals surface area contributed by atoms with Crippen molar-refractivity contribution in [3.63, 3.8) is 0 Å². The molecule has 0 spiro atoms. The number of piperazine rings is 1. The van der Waals surface area contributed by atoms with Crippen LogP contribution in [0.4, 0.5) is 26.2 Å². The molecule has 3 aromatic heterocycles. The predicted molar refractivity (Wildman–Crippen MR) is 149 cm³/mol. The number of benzene rings is 1. The van der Waals surface area contributed by atoms with Gasteiger partial charge in [0.1, 0.15) is 23.1 Å². The van der Waals surface area contributed by atoms with E-state index in [9.17, 15) is 0 Å². The summed E-state index contributed by atoms with van der Waals surface area (Å²) in [5.41, 5.74) is 1.83. The SMILES string of the molecule is Fc1cc(-n2ccc3cnc(Nc4ccnc(N5CCN(C6CC6)CC5)c4)nc32)cc(F)c1CN1CCOCC1. The number of hydrogen-bond donors (Lipinski definition) is 1. The number of rotatable bonds is 7. The summed E-state index contributed by atoms with van der Waals surface area (Å²) in [5, 5.41) is 4.05. The molecule has 40 heavy (non-hydrogen) atoms. The van der Waals surface area contributed by atoms with Crippen LogP contribution in [0, 0.1) is 11.6 Å². The molecule has 0 atom stereocenters. The molecule has 3 aliphatic rings. The van der Waals surface area contributed by atoms with Gasteiger partial charge < -0.3 is 19.5 Å². The zero-order chi connectivity index (χ0) is 27.1. The number of morpholine rings is 1.